The third-order valence-corrected chi connectivity index (χ3v) is 3.53. The Morgan fingerprint density at radius 3 is 2.41 bits per heavy atom. The number of aliphatic carboxylic acids is 1. The lowest BCUT2D eigenvalue weighted by Gasteiger charge is -2.33. The third-order valence-electron chi connectivity index (χ3n) is 3.53. The van der Waals surface area contributed by atoms with Gasteiger partial charge >= 0.3 is 5.97 Å². The summed E-state index contributed by atoms with van der Waals surface area (Å²) in [7, 11) is 0. The van der Waals surface area contributed by atoms with Gasteiger partial charge in [0.05, 0.1) is 5.41 Å². The first-order chi connectivity index (χ1) is 7.89. The lowest BCUT2D eigenvalue weighted by Crippen LogP contribution is -2.43. The zero-order valence-electron chi connectivity index (χ0n) is 11.7. The van der Waals surface area contributed by atoms with E-state index in [0.717, 1.165) is 19.4 Å². The van der Waals surface area contributed by atoms with Crippen molar-refractivity contribution in [3.8, 4) is 0 Å². The molecule has 1 aliphatic carbocycles. The Bertz CT molecular complexity index is 261. The van der Waals surface area contributed by atoms with E-state index in [1.165, 1.54) is 12.8 Å². The molecular weight excluding hydrogens is 214 g/mol. The van der Waals surface area contributed by atoms with Crippen molar-refractivity contribution in [2.75, 3.05) is 13.1 Å². The second kappa shape index (κ2) is 5.85. The topological polar surface area (TPSA) is 40.5 Å². The summed E-state index contributed by atoms with van der Waals surface area (Å²) >= 11 is 0. The molecule has 0 heterocycles. The molecule has 3 heteroatoms. The van der Waals surface area contributed by atoms with E-state index in [4.69, 9.17) is 0 Å². The van der Waals surface area contributed by atoms with Gasteiger partial charge in [-0.1, -0.05) is 27.2 Å². The van der Waals surface area contributed by atoms with Crippen molar-refractivity contribution in [2.45, 2.75) is 59.4 Å². The second-order valence-electron chi connectivity index (χ2n) is 6.17. The van der Waals surface area contributed by atoms with Gasteiger partial charge in [0.2, 0.25) is 0 Å². The lowest BCUT2D eigenvalue weighted by atomic mass is 9.85. The van der Waals surface area contributed by atoms with Crippen molar-refractivity contribution in [3.63, 3.8) is 0 Å². The number of hydrogen-bond donors (Lipinski definition) is 1. The number of carbonyl (C=O) groups is 1. The molecule has 1 unspecified atom stereocenters. The molecule has 17 heavy (non-hydrogen) atoms. The minimum absolute atomic E-state index is 0.577. The number of rotatable bonds is 8. The molecule has 1 N–H and O–H groups in total. The first kappa shape index (κ1) is 14.5. The third kappa shape index (κ3) is 4.30. The van der Waals surface area contributed by atoms with Crippen LogP contribution in [0.4, 0.5) is 0 Å². The van der Waals surface area contributed by atoms with E-state index in [9.17, 15) is 9.90 Å². The van der Waals surface area contributed by atoms with E-state index in [2.05, 4.69) is 25.7 Å². The van der Waals surface area contributed by atoms with Gasteiger partial charge in [0.25, 0.3) is 0 Å². The maximum absolute atomic E-state index is 11.4. The minimum Gasteiger partial charge on any atom is -0.481 e. The van der Waals surface area contributed by atoms with Crippen LogP contribution in [0.15, 0.2) is 0 Å². The van der Waals surface area contributed by atoms with Gasteiger partial charge in [-0.05, 0) is 32.1 Å². The standard InChI is InChI=1S/C14H27NO2/c1-5-8-14(4,13(16)17)10-15(9-11(2)3)12-6-7-12/h11-12H,5-10H2,1-4H3,(H,16,17). The summed E-state index contributed by atoms with van der Waals surface area (Å²) in [6, 6.07) is 0.646. The van der Waals surface area contributed by atoms with Crippen molar-refractivity contribution in [2.24, 2.45) is 11.3 Å². The van der Waals surface area contributed by atoms with Crippen LogP contribution in [0.1, 0.15) is 53.4 Å². The summed E-state index contributed by atoms with van der Waals surface area (Å²) in [5.74, 6) is -0.0379. The van der Waals surface area contributed by atoms with Gasteiger partial charge in [0.15, 0.2) is 0 Å². The van der Waals surface area contributed by atoms with Crippen molar-refractivity contribution >= 4 is 5.97 Å². The molecule has 0 aromatic heterocycles. The van der Waals surface area contributed by atoms with Gasteiger partial charge in [0.1, 0.15) is 0 Å². The van der Waals surface area contributed by atoms with Gasteiger partial charge in [0, 0.05) is 19.1 Å². The van der Waals surface area contributed by atoms with E-state index < -0.39 is 11.4 Å². The van der Waals surface area contributed by atoms with Crippen LogP contribution in [0.25, 0.3) is 0 Å². The van der Waals surface area contributed by atoms with Gasteiger partial charge < -0.3 is 5.11 Å². The molecule has 0 spiro atoms. The summed E-state index contributed by atoms with van der Waals surface area (Å²) in [6.07, 6.45) is 4.19. The van der Waals surface area contributed by atoms with Crippen molar-refractivity contribution in [1.82, 2.24) is 4.90 Å². The smallest absolute Gasteiger partial charge is 0.310 e. The van der Waals surface area contributed by atoms with Gasteiger partial charge in [-0.2, -0.15) is 0 Å². The maximum Gasteiger partial charge on any atom is 0.310 e. The summed E-state index contributed by atoms with van der Waals surface area (Å²) in [5, 5.41) is 9.42. The molecule has 0 radical (unpaired) electrons. The molecule has 0 aromatic rings. The fraction of sp³-hybridized carbons (Fsp3) is 0.929. The van der Waals surface area contributed by atoms with Gasteiger partial charge in [-0.3, -0.25) is 9.69 Å². The maximum atomic E-state index is 11.4. The Hall–Kier alpha value is -0.570. The number of carboxylic acid groups (broad SMARTS) is 1. The highest BCUT2D eigenvalue weighted by Gasteiger charge is 2.39. The molecule has 0 aromatic carbocycles. The monoisotopic (exact) mass is 241 g/mol. The molecule has 100 valence electrons. The fourth-order valence-electron chi connectivity index (χ4n) is 2.51. The Morgan fingerprint density at radius 1 is 1.47 bits per heavy atom. The molecule has 0 saturated heterocycles. The van der Waals surface area contributed by atoms with Crippen LogP contribution in [0.5, 0.6) is 0 Å². The Balaban J connectivity index is 2.64. The highest BCUT2D eigenvalue weighted by molar-refractivity contribution is 5.74. The van der Waals surface area contributed by atoms with Gasteiger partial charge in [-0.25, -0.2) is 0 Å². The van der Waals surface area contributed by atoms with Crippen molar-refractivity contribution in [3.05, 3.63) is 0 Å². The van der Waals surface area contributed by atoms with Crippen LogP contribution >= 0.6 is 0 Å². The molecule has 3 nitrogen and oxygen atoms in total. The number of nitrogens with zero attached hydrogens (tertiary/aromatic N) is 1. The van der Waals surface area contributed by atoms with Crippen LogP contribution in [0.2, 0.25) is 0 Å². The normalized spacial score (nSPS) is 19.6. The van der Waals surface area contributed by atoms with E-state index in [1.807, 2.05) is 6.92 Å². The molecule has 1 aliphatic rings. The minimum atomic E-state index is -0.645. The average Bonchev–Trinajstić information content (AvgIpc) is 2.98. The van der Waals surface area contributed by atoms with Gasteiger partial charge in [-0.15, -0.1) is 0 Å². The molecule has 1 atom stereocenters. The summed E-state index contributed by atoms with van der Waals surface area (Å²) in [5.41, 5.74) is -0.577. The molecule has 1 rings (SSSR count). The Kier molecular flexibility index (Phi) is 4.99. The second-order valence-corrected chi connectivity index (χ2v) is 6.17. The quantitative estimate of drug-likeness (QED) is 0.710. The van der Waals surface area contributed by atoms with Crippen LogP contribution in [0.3, 0.4) is 0 Å². The molecule has 0 bridgehead atoms. The zero-order valence-corrected chi connectivity index (χ0v) is 11.7. The number of hydrogen-bond acceptors (Lipinski definition) is 2. The predicted octanol–water partition coefficient (Wildman–Crippen LogP) is 3.00. The van der Waals surface area contributed by atoms with E-state index in [0.29, 0.717) is 18.5 Å². The predicted molar refractivity (Wildman–Crippen MR) is 70.1 cm³/mol. The highest BCUT2D eigenvalue weighted by Crippen LogP contribution is 2.33. The lowest BCUT2D eigenvalue weighted by molar-refractivity contribution is -0.149. The molecular formula is C14H27NO2. The van der Waals surface area contributed by atoms with Crippen LogP contribution in [-0.2, 0) is 4.79 Å². The van der Waals surface area contributed by atoms with E-state index in [1.54, 1.807) is 0 Å². The van der Waals surface area contributed by atoms with Crippen molar-refractivity contribution in [1.29, 1.82) is 0 Å². The molecule has 0 aliphatic heterocycles. The highest BCUT2D eigenvalue weighted by atomic mass is 16.4. The fourth-order valence-corrected chi connectivity index (χ4v) is 2.51. The molecule has 0 amide bonds. The van der Waals surface area contributed by atoms with E-state index >= 15 is 0 Å². The zero-order chi connectivity index (χ0) is 13.1. The first-order valence-corrected chi connectivity index (χ1v) is 6.86. The largest absolute Gasteiger partial charge is 0.481 e. The Labute approximate surface area is 105 Å². The van der Waals surface area contributed by atoms with Crippen LogP contribution < -0.4 is 0 Å². The summed E-state index contributed by atoms with van der Waals surface area (Å²) < 4.78 is 0. The van der Waals surface area contributed by atoms with Crippen LogP contribution in [0, 0.1) is 11.3 Å². The molecule has 1 saturated carbocycles. The van der Waals surface area contributed by atoms with Crippen molar-refractivity contribution < 1.29 is 9.90 Å². The number of carboxylic acids is 1. The molecule has 1 fully saturated rings. The summed E-state index contributed by atoms with van der Waals surface area (Å²) in [4.78, 5) is 13.8. The summed E-state index contributed by atoms with van der Waals surface area (Å²) in [6.45, 7) is 10.1. The van der Waals surface area contributed by atoms with E-state index in [-0.39, 0.29) is 0 Å². The van der Waals surface area contributed by atoms with Crippen LogP contribution in [-0.4, -0.2) is 35.1 Å². The SMILES string of the molecule is CCCC(C)(CN(CC(C)C)C1CC1)C(=O)O. The first-order valence-electron chi connectivity index (χ1n) is 6.86. The Morgan fingerprint density at radius 2 is 2.06 bits per heavy atom. The average molecular weight is 241 g/mol.